The summed E-state index contributed by atoms with van der Waals surface area (Å²) in [5.74, 6) is -0.955. The number of hydrogen-bond acceptors (Lipinski definition) is 6. The zero-order chi connectivity index (χ0) is 31.2. The number of nitrogens with zero attached hydrogens (tertiary/aromatic N) is 2. The summed E-state index contributed by atoms with van der Waals surface area (Å²) in [6.07, 6.45) is -0.735. The smallest absolute Gasteiger partial charge is 0.306 e. The van der Waals surface area contributed by atoms with Crippen LogP contribution in [0.5, 0.6) is 11.5 Å². The number of carbonyl (C=O) groups excluding carboxylic acids is 2. The number of carbonyl (C=O) groups is 3. The van der Waals surface area contributed by atoms with Crippen LogP contribution in [0, 0.1) is 11.3 Å². The second kappa shape index (κ2) is 14.2. The van der Waals surface area contributed by atoms with Gasteiger partial charge in [-0.1, -0.05) is 50.6 Å². The number of piperidine rings is 1. The highest BCUT2D eigenvalue weighted by atomic mass is 35.5. The van der Waals surface area contributed by atoms with Gasteiger partial charge in [-0.2, -0.15) is 0 Å². The van der Waals surface area contributed by atoms with E-state index in [0.717, 1.165) is 0 Å². The fraction of sp³-hybridized carbons (Fsp3) is 0.531. The van der Waals surface area contributed by atoms with Gasteiger partial charge >= 0.3 is 5.97 Å². The molecule has 1 atom stereocenters. The summed E-state index contributed by atoms with van der Waals surface area (Å²) in [7, 11) is 1.52. The number of rotatable bonds is 11. The third-order valence-corrected chi connectivity index (χ3v) is 7.33. The number of anilines is 1. The van der Waals surface area contributed by atoms with E-state index in [9.17, 15) is 24.6 Å². The number of halogens is 1. The molecule has 0 bridgehead atoms. The van der Waals surface area contributed by atoms with E-state index in [1.165, 1.54) is 7.11 Å². The van der Waals surface area contributed by atoms with E-state index in [4.69, 9.17) is 21.1 Å². The Kier molecular flexibility index (Phi) is 11.3. The van der Waals surface area contributed by atoms with Crippen molar-refractivity contribution in [2.45, 2.75) is 72.5 Å². The lowest BCUT2D eigenvalue weighted by molar-refractivity contribution is -0.145. The van der Waals surface area contributed by atoms with Gasteiger partial charge in [-0.05, 0) is 44.2 Å². The first kappa shape index (κ1) is 33.2. The Bertz CT molecular complexity index is 1270. The molecule has 1 aliphatic rings. The molecule has 2 amide bonds. The van der Waals surface area contributed by atoms with Crippen molar-refractivity contribution in [3.05, 3.63) is 52.5 Å². The average molecular weight is 603 g/mol. The summed E-state index contributed by atoms with van der Waals surface area (Å²) >= 11 is 6.53. The summed E-state index contributed by atoms with van der Waals surface area (Å²) < 4.78 is 11.7. The number of ether oxygens (including phenoxy) is 2. The normalized spacial score (nSPS) is 14.9. The van der Waals surface area contributed by atoms with E-state index >= 15 is 0 Å². The minimum Gasteiger partial charge on any atom is -0.496 e. The van der Waals surface area contributed by atoms with Crippen LogP contribution in [0.4, 0.5) is 5.69 Å². The first-order chi connectivity index (χ1) is 19.7. The van der Waals surface area contributed by atoms with Crippen molar-refractivity contribution >= 4 is 35.1 Å². The predicted molar refractivity (Wildman–Crippen MR) is 162 cm³/mol. The molecule has 1 saturated heterocycles. The third kappa shape index (κ3) is 8.61. The number of carboxylic acid groups (broad SMARTS) is 1. The lowest BCUT2D eigenvalue weighted by Gasteiger charge is -2.35. The summed E-state index contributed by atoms with van der Waals surface area (Å²) in [5.41, 5.74) is 0.922. The van der Waals surface area contributed by atoms with Crippen LogP contribution in [0.2, 0.25) is 5.02 Å². The van der Waals surface area contributed by atoms with Crippen molar-refractivity contribution in [2.75, 3.05) is 31.6 Å². The molecule has 2 aromatic carbocycles. The van der Waals surface area contributed by atoms with E-state index in [0.29, 0.717) is 59.3 Å². The molecule has 1 fully saturated rings. The first-order valence-electron chi connectivity index (χ1n) is 14.3. The van der Waals surface area contributed by atoms with E-state index in [-0.39, 0.29) is 42.7 Å². The van der Waals surface area contributed by atoms with Crippen LogP contribution < -0.4 is 14.4 Å². The molecule has 0 unspecified atom stereocenters. The van der Waals surface area contributed by atoms with Gasteiger partial charge in [0.25, 0.3) is 0 Å². The molecule has 0 aliphatic carbocycles. The SMILES string of the molecule is COc1ccccc1[C@@H](O)c1cc(Cl)cc(OC(C)C)c1N(CC(C)(C)C)C(=O)CCC(=O)N1CCC(C(=O)O)CC1. The number of para-hydroxylation sites is 1. The second-order valence-electron chi connectivity index (χ2n) is 12.2. The number of amides is 2. The van der Waals surface area contributed by atoms with Crippen LogP contribution >= 0.6 is 11.6 Å². The number of methoxy groups -OCH3 is 1. The molecule has 9 nitrogen and oxygen atoms in total. The molecule has 2 N–H and O–H groups in total. The molecule has 230 valence electrons. The minimum absolute atomic E-state index is 0.0183. The van der Waals surface area contributed by atoms with Gasteiger partial charge in [0, 0.05) is 54.7 Å². The minimum atomic E-state index is -1.20. The highest BCUT2D eigenvalue weighted by Crippen LogP contribution is 2.44. The standard InChI is InChI=1S/C32H43ClN2O7/c1-20(2)42-26-18-22(33)17-24(30(38)23-9-7-8-10-25(23)41-6)29(26)35(19-32(3,4)5)28(37)12-11-27(36)34-15-13-21(14-16-34)31(39)40/h7-10,17-18,20-21,30,38H,11-16,19H2,1-6H3,(H,39,40)/t30-/m1/s1. The van der Waals surface area contributed by atoms with E-state index in [1.54, 1.807) is 46.2 Å². The number of likely N-dealkylation sites (tertiary alicyclic amines) is 1. The Morgan fingerprint density at radius 3 is 2.26 bits per heavy atom. The Balaban J connectivity index is 2.00. The maximum atomic E-state index is 14.0. The molecule has 2 aromatic rings. The summed E-state index contributed by atoms with van der Waals surface area (Å²) in [5, 5.41) is 21.3. The van der Waals surface area contributed by atoms with Crippen molar-refractivity contribution in [3.8, 4) is 11.5 Å². The zero-order valence-corrected chi connectivity index (χ0v) is 26.1. The van der Waals surface area contributed by atoms with Gasteiger partial charge in [0.1, 0.15) is 17.6 Å². The van der Waals surface area contributed by atoms with Crippen molar-refractivity contribution < 1.29 is 34.1 Å². The molecule has 0 radical (unpaired) electrons. The van der Waals surface area contributed by atoms with E-state index in [2.05, 4.69) is 0 Å². The van der Waals surface area contributed by atoms with Crippen LogP contribution in [-0.4, -0.2) is 65.7 Å². The van der Waals surface area contributed by atoms with E-state index < -0.39 is 18.0 Å². The van der Waals surface area contributed by atoms with Crippen molar-refractivity contribution in [3.63, 3.8) is 0 Å². The number of aliphatic hydroxyl groups is 1. The fourth-order valence-electron chi connectivity index (χ4n) is 5.14. The maximum absolute atomic E-state index is 14.0. The molecule has 3 rings (SSSR count). The average Bonchev–Trinajstić information content (AvgIpc) is 2.93. The molecule has 42 heavy (non-hydrogen) atoms. The van der Waals surface area contributed by atoms with Gasteiger partial charge in [0.05, 0.1) is 24.8 Å². The van der Waals surface area contributed by atoms with Gasteiger partial charge in [-0.3, -0.25) is 14.4 Å². The second-order valence-corrected chi connectivity index (χ2v) is 12.6. The highest BCUT2D eigenvalue weighted by Gasteiger charge is 2.33. The van der Waals surface area contributed by atoms with Gasteiger partial charge in [-0.25, -0.2) is 0 Å². The number of hydrogen-bond donors (Lipinski definition) is 2. The van der Waals surface area contributed by atoms with Crippen LogP contribution in [0.25, 0.3) is 0 Å². The van der Waals surface area contributed by atoms with Crippen LogP contribution in [0.1, 0.15) is 77.5 Å². The molecular weight excluding hydrogens is 560 g/mol. The molecule has 1 heterocycles. The Morgan fingerprint density at radius 1 is 1.05 bits per heavy atom. The number of aliphatic carboxylic acids is 1. The molecule has 0 spiro atoms. The lowest BCUT2D eigenvalue weighted by atomic mass is 9.93. The van der Waals surface area contributed by atoms with Crippen molar-refractivity contribution in [1.29, 1.82) is 0 Å². The Hall–Kier alpha value is -3.30. The van der Waals surface area contributed by atoms with Crippen LogP contribution in [0.3, 0.4) is 0 Å². The lowest BCUT2D eigenvalue weighted by Crippen LogP contribution is -2.42. The monoisotopic (exact) mass is 602 g/mol. The topological polar surface area (TPSA) is 117 Å². The van der Waals surface area contributed by atoms with Crippen LogP contribution in [0.15, 0.2) is 36.4 Å². The summed E-state index contributed by atoms with van der Waals surface area (Å²) in [6.45, 7) is 10.7. The van der Waals surface area contributed by atoms with Crippen molar-refractivity contribution in [1.82, 2.24) is 4.90 Å². The molecule has 0 aromatic heterocycles. The highest BCUT2D eigenvalue weighted by molar-refractivity contribution is 6.31. The Labute approximate surface area is 253 Å². The third-order valence-electron chi connectivity index (χ3n) is 7.11. The molecular formula is C32H43ClN2O7. The molecule has 0 saturated carbocycles. The molecule has 10 heteroatoms. The number of aliphatic hydroxyl groups excluding tert-OH is 1. The number of benzene rings is 2. The summed E-state index contributed by atoms with van der Waals surface area (Å²) in [4.78, 5) is 41.5. The van der Waals surface area contributed by atoms with Gasteiger partial charge in [0.2, 0.25) is 11.8 Å². The summed E-state index contributed by atoms with van der Waals surface area (Å²) in [6, 6.07) is 10.4. The first-order valence-corrected chi connectivity index (χ1v) is 14.7. The maximum Gasteiger partial charge on any atom is 0.306 e. The van der Waals surface area contributed by atoms with Crippen molar-refractivity contribution in [2.24, 2.45) is 11.3 Å². The van der Waals surface area contributed by atoms with Gasteiger partial charge in [0.15, 0.2) is 0 Å². The largest absolute Gasteiger partial charge is 0.496 e. The number of carboxylic acids is 1. The quantitative estimate of drug-likeness (QED) is 0.339. The Morgan fingerprint density at radius 2 is 1.69 bits per heavy atom. The predicted octanol–water partition coefficient (Wildman–Crippen LogP) is 5.70. The van der Waals surface area contributed by atoms with Gasteiger partial charge in [-0.15, -0.1) is 0 Å². The zero-order valence-electron chi connectivity index (χ0n) is 25.4. The molecule has 1 aliphatic heterocycles. The fourth-order valence-corrected chi connectivity index (χ4v) is 5.36. The van der Waals surface area contributed by atoms with Gasteiger partial charge < -0.3 is 29.5 Å². The van der Waals surface area contributed by atoms with E-state index in [1.807, 2.05) is 34.6 Å². The van der Waals surface area contributed by atoms with Crippen LogP contribution in [-0.2, 0) is 14.4 Å².